The summed E-state index contributed by atoms with van der Waals surface area (Å²) >= 11 is 0. The van der Waals surface area contributed by atoms with E-state index < -0.39 is 48.8 Å². The molecule has 2 heterocycles. The summed E-state index contributed by atoms with van der Waals surface area (Å²) in [5.74, 6) is -0.812. The lowest BCUT2D eigenvalue weighted by atomic mass is 9.85. The molecule has 0 saturated carbocycles. The standard InChI is InChI=1S/C20H23F6N3O/c1-12(2)10-29-13(3)7-15(14(29)4)8-16(9-27)17(30)28-6-5-18(11-28,19(21,22)23)20(24,25)26/h7-8,12H,5-6,10-11H2,1-4H3/b16-8-. The average molecular weight is 435 g/mol. The average Bonchev–Trinajstić information content (AvgIpc) is 3.17. The number of amides is 1. The summed E-state index contributed by atoms with van der Waals surface area (Å²) in [6.45, 7) is 6.04. The molecule has 1 saturated heterocycles. The number of aryl methyl sites for hydroxylation is 1. The summed E-state index contributed by atoms with van der Waals surface area (Å²) in [5, 5.41) is 9.36. The lowest BCUT2D eigenvalue weighted by Crippen LogP contribution is -2.52. The van der Waals surface area contributed by atoms with Gasteiger partial charge >= 0.3 is 12.4 Å². The summed E-state index contributed by atoms with van der Waals surface area (Å²) in [6, 6.07) is 3.35. The highest BCUT2D eigenvalue weighted by atomic mass is 19.4. The Morgan fingerprint density at radius 3 is 2.23 bits per heavy atom. The second kappa shape index (κ2) is 8.00. The minimum atomic E-state index is -5.56. The van der Waals surface area contributed by atoms with Gasteiger partial charge in [-0.15, -0.1) is 0 Å². The van der Waals surface area contributed by atoms with Gasteiger partial charge in [-0.25, -0.2) is 0 Å². The first-order valence-electron chi connectivity index (χ1n) is 9.36. The van der Waals surface area contributed by atoms with E-state index in [4.69, 9.17) is 0 Å². The molecule has 1 amide bonds. The zero-order chi connectivity index (χ0) is 23.1. The normalized spacial score (nSPS) is 17.5. The van der Waals surface area contributed by atoms with Gasteiger partial charge in [0.05, 0.1) is 0 Å². The van der Waals surface area contributed by atoms with Crippen LogP contribution < -0.4 is 0 Å². The number of halogens is 6. The molecule has 1 aromatic rings. The van der Waals surface area contributed by atoms with Crippen LogP contribution >= 0.6 is 0 Å². The molecule has 4 nitrogen and oxygen atoms in total. The van der Waals surface area contributed by atoms with Gasteiger partial charge in [0.1, 0.15) is 11.6 Å². The van der Waals surface area contributed by atoms with Crippen LogP contribution in [-0.4, -0.2) is 40.8 Å². The first-order chi connectivity index (χ1) is 13.6. The number of likely N-dealkylation sites (tertiary alicyclic amines) is 1. The van der Waals surface area contributed by atoms with Crippen molar-refractivity contribution in [1.29, 1.82) is 5.26 Å². The van der Waals surface area contributed by atoms with Gasteiger partial charge < -0.3 is 9.47 Å². The number of carbonyl (C=O) groups excluding carboxylic acids is 1. The second-order valence-corrected chi connectivity index (χ2v) is 8.06. The molecule has 1 aliphatic heterocycles. The molecule has 0 radical (unpaired) electrons. The lowest BCUT2D eigenvalue weighted by molar-refractivity contribution is -0.334. The van der Waals surface area contributed by atoms with Crippen LogP contribution in [0.3, 0.4) is 0 Å². The van der Waals surface area contributed by atoms with Crippen molar-refractivity contribution in [2.24, 2.45) is 11.3 Å². The third-order valence-electron chi connectivity index (χ3n) is 5.45. The summed E-state index contributed by atoms with van der Waals surface area (Å²) in [6.07, 6.45) is -11.2. The number of nitriles is 1. The van der Waals surface area contributed by atoms with E-state index in [-0.39, 0.29) is 0 Å². The van der Waals surface area contributed by atoms with Crippen LogP contribution in [0.15, 0.2) is 11.6 Å². The fraction of sp³-hybridized carbons (Fsp3) is 0.600. The van der Waals surface area contributed by atoms with E-state index in [1.807, 2.05) is 25.3 Å². The van der Waals surface area contributed by atoms with E-state index >= 15 is 0 Å². The molecular weight excluding hydrogens is 412 g/mol. The van der Waals surface area contributed by atoms with Crippen LogP contribution in [0.5, 0.6) is 0 Å². The van der Waals surface area contributed by atoms with Crippen LogP contribution in [0, 0.1) is 36.5 Å². The third kappa shape index (κ3) is 4.20. The Balaban J connectivity index is 2.36. The maximum absolute atomic E-state index is 13.2. The Hall–Kier alpha value is -2.44. The van der Waals surface area contributed by atoms with Crippen LogP contribution in [0.1, 0.15) is 37.2 Å². The number of nitrogens with zero attached hydrogens (tertiary/aromatic N) is 3. The molecule has 0 bridgehead atoms. The molecular formula is C20H23F6N3O. The number of hydrogen-bond donors (Lipinski definition) is 0. The number of aromatic nitrogens is 1. The van der Waals surface area contributed by atoms with E-state index in [1.165, 1.54) is 6.08 Å². The summed E-state index contributed by atoms with van der Waals surface area (Å²) in [4.78, 5) is 13.1. The monoisotopic (exact) mass is 435 g/mol. The number of alkyl halides is 6. The van der Waals surface area contributed by atoms with Crippen molar-refractivity contribution in [3.63, 3.8) is 0 Å². The molecule has 0 aromatic carbocycles. The van der Waals surface area contributed by atoms with Gasteiger partial charge in [0.15, 0.2) is 5.41 Å². The lowest BCUT2D eigenvalue weighted by Gasteiger charge is -2.33. The van der Waals surface area contributed by atoms with Gasteiger partial charge in [0, 0.05) is 31.0 Å². The number of carbonyl (C=O) groups is 1. The van der Waals surface area contributed by atoms with Gasteiger partial charge in [0.25, 0.3) is 5.91 Å². The zero-order valence-corrected chi connectivity index (χ0v) is 17.1. The Kier molecular flexibility index (Phi) is 6.36. The molecule has 0 N–H and O–H groups in total. The molecule has 1 aliphatic rings. The van der Waals surface area contributed by atoms with E-state index in [2.05, 4.69) is 0 Å². The van der Waals surface area contributed by atoms with Gasteiger partial charge in [-0.3, -0.25) is 4.79 Å². The molecule has 166 valence electrons. The van der Waals surface area contributed by atoms with Gasteiger partial charge in [-0.2, -0.15) is 31.6 Å². The van der Waals surface area contributed by atoms with Crippen molar-refractivity contribution < 1.29 is 31.1 Å². The van der Waals surface area contributed by atoms with Crippen LogP contribution in [0.2, 0.25) is 0 Å². The fourth-order valence-electron chi connectivity index (χ4n) is 3.69. The molecule has 1 fully saturated rings. The van der Waals surface area contributed by atoms with E-state index in [0.717, 1.165) is 11.4 Å². The molecule has 0 aliphatic carbocycles. The highest BCUT2D eigenvalue weighted by Crippen LogP contribution is 2.55. The van der Waals surface area contributed by atoms with Crippen molar-refractivity contribution in [3.8, 4) is 6.07 Å². The Labute approximate surface area is 170 Å². The Morgan fingerprint density at radius 2 is 1.80 bits per heavy atom. The van der Waals surface area contributed by atoms with Crippen molar-refractivity contribution in [3.05, 3.63) is 28.6 Å². The highest BCUT2D eigenvalue weighted by Gasteiger charge is 2.72. The predicted molar refractivity (Wildman–Crippen MR) is 98.1 cm³/mol. The van der Waals surface area contributed by atoms with Crippen molar-refractivity contribution in [2.45, 2.75) is 53.0 Å². The number of hydrogen-bond acceptors (Lipinski definition) is 2. The number of rotatable bonds is 4. The Morgan fingerprint density at radius 1 is 1.23 bits per heavy atom. The smallest absolute Gasteiger partial charge is 0.348 e. The maximum Gasteiger partial charge on any atom is 0.404 e. The predicted octanol–water partition coefficient (Wildman–Crippen LogP) is 5.01. The van der Waals surface area contributed by atoms with Gasteiger partial charge in [0.2, 0.25) is 0 Å². The summed E-state index contributed by atoms with van der Waals surface area (Å²) < 4.78 is 81.4. The topological polar surface area (TPSA) is 49.0 Å². The van der Waals surface area contributed by atoms with E-state index in [0.29, 0.717) is 22.9 Å². The molecule has 30 heavy (non-hydrogen) atoms. The van der Waals surface area contributed by atoms with Crippen LogP contribution in [0.4, 0.5) is 26.3 Å². The minimum absolute atomic E-state index is 0.325. The van der Waals surface area contributed by atoms with E-state index in [1.54, 1.807) is 19.1 Å². The van der Waals surface area contributed by atoms with Crippen LogP contribution in [0.25, 0.3) is 6.08 Å². The summed E-state index contributed by atoms with van der Waals surface area (Å²) in [5.41, 5.74) is -2.34. The zero-order valence-electron chi connectivity index (χ0n) is 17.1. The fourth-order valence-corrected chi connectivity index (χ4v) is 3.69. The molecule has 10 heteroatoms. The first-order valence-corrected chi connectivity index (χ1v) is 9.36. The molecule has 1 aromatic heterocycles. The minimum Gasteiger partial charge on any atom is -0.348 e. The quantitative estimate of drug-likeness (QED) is 0.379. The van der Waals surface area contributed by atoms with Gasteiger partial charge in [-0.1, -0.05) is 13.8 Å². The highest BCUT2D eigenvalue weighted by molar-refractivity contribution is 6.02. The summed E-state index contributed by atoms with van der Waals surface area (Å²) in [7, 11) is 0. The van der Waals surface area contributed by atoms with E-state index in [9.17, 15) is 36.4 Å². The molecule has 2 rings (SSSR count). The van der Waals surface area contributed by atoms with Crippen molar-refractivity contribution in [1.82, 2.24) is 9.47 Å². The van der Waals surface area contributed by atoms with Gasteiger partial charge in [-0.05, 0) is 43.9 Å². The molecule has 0 unspecified atom stereocenters. The molecule has 0 atom stereocenters. The second-order valence-electron chi connectivity index (χ2n) is 8.06. The third-order valence-corrected chi connectivity index (χ3v) is 5.45. The largest absolute Gasteiger partial charge is 0.404 e. The molecule has 0 spiro atoms. The maximum atomic E-state index is 13.2. The van der Waals surface area contributed by atoms with Crippen molar-refractivity contribution >= 4 is 12.0 Å². The van der Waals surface area contributed by atoms with Crippen LogP contribution in [-0.2, 0) is 11.3 Å². The SMILES string of the molecule is Cc1cc(/C=C(/C#N)C(=O)N2CCC(C(F)(F)F)(C(F)(F)F)C2)c(C)n1CC(C)C. The van der Waals surface area contributed by atoms with Crippen molar-refractivity contribution in [2.75, 3.05) is 13.1 Å². The first kappa shape index (κ1) is 23.8. The Bertz CT molecular complexity index is 872.